The highest BCUT2D eigenvalue weighted by atomic mass is 32.2. The van der Waals surface area contributed by atoms with E-state index in [4.69, 9.17) is 0 Å². The number of benzene rings is 3. The van der Waals surface area contributed by atoms with Gasteiger partial charge in [-0.15, -0.1) is 0 Å². The van der Waals surface area contributed by atoms with Gasteiger partial charge in [-0.05, 0) is 34.0 Å². The average Bonchev–Trinajstić information content (AvgIpc) is 2.59. The Morgan fingerprint density at radius 2 is 1.38 bits per heavy atom. The quantitative estimate of drug-likeness (QED) is 0.600. The Hall–Kier alpha value is -3.23. The summed E-state index contributed by atoms with van der Waals surface area (Å²) in [5, 5.41) is 20.6. The summed E-state index contributed by atoms with van der Waals surface area (Å²) in [6.45, 7) is 0. The Labute approximate surface area is 147 Å². The Balaban J connectivity index is 2.39. The molecule has 0 bridgehead atoms. The first-order chi connectivity index (χ1) is 12.2. The van der Waals surface area contributed by atoms with Gasteiger partial charge in [0, 0.05) is 0 Å². The van der Waals surface area contributed by atoms with Gasteiger partial charge in [-0.2, -0.15) is 8.42 Å². The third-order valence-electron chi connectivity index (χ3n) is 3.93. The molecule has 7 nitrogen and oxygen atoms in total. The molecule has 0 aliphatic heterocycles. The maximum absolute atomic E-state index is 11.7. The van der Waals surface area contributed by atoms with Crippen molar-refractivity contribution in [3.63, 3.8) is 0 Å². The van der Waals surface area contributed by atoms with Gasteiger partial charge < -0.3 is 10.2 Å². The summed E-state index contributed by atoms with van der Waals surface area (Å²) in [5.74, 6) is -3.38. The molecule has 0 aromatic heterocycles. The van der Waals surface area contributed by atoms with Crippen molar-refractivity contribution in [1.29, 1.82) is 0 Å². The topological polar surface area (TPSA) is 129 Å². The number of fused-ring (bicyclic) bond motifs is 1. The molecule has 0 saturated heterocycles. The van der Waals surface area contributed by atoms with Crippen molar-refractivity contribution < 1.29 is 32.8 Å². The molecule has 0 saturated carbocycles. The van der Waals surface area contributed by atoms with Crippen LogP contribution in [-0.2, 0) is 10.1 Å². The van der Waals surface area contributed by atoms with Crippen LogP contribution in [0.1, 0.15) is 20.7 Å². The van der Waals surface area contributed by atoms with E-state index < -0.39 is 38.1 Å². The van der Waals surface area contributed by atoms with E-state index in [1.165, 1.54) is 6.07 Å². The van der Waals surface area contributed by atoms with Gasteiger partial charge in [-0.3, -0.25) is 4.55 Å². The molecule has 3 aromatic rings. The van der Waals surface area contributed by atoms with Crippen LogP contribution in [0.25, 0.3) is 21.9 Å². The smallest absolute Gasteiger partial charge is 0.338 e. The van der Waals surface area contributed by atoms with Gasteiger partial charge in [-0.1, -0.05) is 42.5 Å². The fraction of sp³-hybridized carbons (Fsp3) is 0. The van der Waals surface area contributed by atoms with Crippen molar-refractivity contribution in [1.82, 2.24) is 0 Å². The minimum Gasteiger partial charge on any atom is -0.478 e. The zero-order valence-corrected chi connectivity index (χ0v) is 13.9. The molecule has 0 aliphatic rings. The summed E-state index contributed by atoms with van der Waals surface area (Å²) in [5.41, 5.74) is -1.24. The molecule has 0 unspecified atom stereocenters. The maximum Gasteiger partial charge on any atom is 0.338 e. The number of aromatic carboxylic acids is 2. The lowest BCUT2D eigenvalue weighted by atomic mass is 9.93. The van der Waals surface area contributed by atoms with Gasteiger partial charge >= 0.3 is 11.9 Å². The highest BCUT2D eigenvalue weighted by molar-refractivity contribution is 7.86. The second-order valence-corrected chi connectivity index (χ2v) is 6.90. The second-order valence-electron chi connectivity index (χ2n) is 5.51. The highest BCUT2D eigenvalue weighted by Gasteiger charge is 2.29. The molecule has 3 rings (SSSR count). The van der Waals surface area contributed by atoms with Crippen LogP contribution >= 0.6 is 0 Å². The predicted molar refractivity (Wildman–Crippen MR) is 93.1 cm³/mol. The average molecular weight is 372 g/mol. The number of hydrogen-bond donors (Lipinski definition) is 3. The van der Waals surface area contributed by atoms with Crippen LogP contribution < -0.4 is 0 Å². The molecule has 0 fully saturated rings. The van der Waals surface area contributed by atoms with E-state index in [-0.39, 0.29) is 5.56 Å². The van der Waals surface area contributed by atoms with Crippen molar-refractivity contribution in [3.05, 3.63) is 65.7 Å². The zero-order chi connectivity index (χ0) is 19.1. The van der Waals surface area contributed by atoms with Crippen LogP contribution in [-0.4, -0.2) is 35.1 Å². The van der Waals surface area contributed by atoms with Gasteiger partial charge in [0.2, 0.25) is 0 Å². The number of rotatable bonds is 4. The molecule has 0 spiro atoms. The normalized spacial score (nSPS) is 11.4. The lowest BCUT2D eigenvalue weighted by molar-refractivity contribution is 0.0648. The lowest BCUT2D eigenvalue weighted by Crippen LogP contribution is -2.15. The van der Waals surface area contributed by atoms with Gasteiger partial charge in [0.25, 0.3) is 10.1 Å². The van der Waals surface area contributed by atoms with E-state index in [1.807, 2.05) is 18.2 Å². The predicted octanol–water partition coefficient (Wildman–Crippen LogP) is 3.15. The monoisotopic (exact) mass is 372 g/mol. The molecule has 132 valence electrons. The van der Waals surface area contributed by atoms with Gasteiger partial charge in [0.1, 0.15) is 4.90 Å². The van der Waals surface area contributed by atoms with E-state index in [9.17, 15) is 32.8 Å². The summed E-state index contributed by atoms with van der Waals surface area (Å²) in [4.78, 5) is 22.3. The Bertz CT molecular complexity index is 1160. The van der Waals surface area contributed by atoms with Crippen LogP contribution in [0.15, 0.2) is 59.5 Å². The van der Waals surface area contributed by atoms with Crippen LogP contribution in [0.4, 0.5) is 0 Å². The van der Waals surface area contributed by atoms with Crippen LogP contribution in [0.2, 0.25) is 0 Å². The van der Waals surface area contributed by atoms with Crippen molar-refractivity contribution in [2.24, 2.45) is 0 Å². The number of carboxylic acids is 2. The number of carboxylic acid groups (broad SMARTS) is 2. The molecular formula is C18H12O7S. The number of hydrogen-bond acceptors (Lipinski definition) is 4. The first kappa shape index (κ1) is 17.6. The van der Waals surface area contributed by atoms with E-state index >= 15 is 0 Å². The minimum atomic E-state index is -4.91. The molecule has 0 aliphatic carbocycles. The summed E-state index contributed by atoms with van der Waals surface area (Å²) in [6.07, 6.45) is 0. The molecule has 0 amide bonds. The largest absolute Gasteiger partial charge is 0.478 e. The maximum atomic E-state index is 11.7. The molecule has 0 heterocycles. The third kappa shape index (κ3) is 3.03. The van der Waals surface area contributed by atoms with Crippen molar-refractivity contribution in [3.8, 4) is 11.1 Å². The molecule has 3 aromatic carbocycles. The Kier molecular flexibility index (Phi) is 4.23. The SMILES string of the molecule is O=C(O)c1c(-c2ccc3ccccc3c2)ccc(S(=O)(=O)O)c1C(=O)O. The van der Waals surface area contributed by atoms with Crippen LogP contribution in [0.3, 0.4) is 0 Å². The number of carbonyl (C=O) groups is 2. The first-order valence-corrected chi connectivity index (χ1v) is 8.74. The van der Waals surface area contributed by atoms with E-state index in [2.05, 4.69) is 0 Å². The minimum absolute atomic E-state index is 0.0352. The van der Waals surface area contributed by atoms with Gasteiger partial charge in [-0.25, -0.2) is 9.59 Å². The second kappa shape index (κ2) is 6.25. The van der Waals surface area contributed by atoms with E-state index in [1.54, 1.807) is 24.3 Å². The molecule has 3 N–H and O–H groups in total. The summed E-state index contributed by atoms with van der Waals surface area (Å²) >= 11 is 0. The summed E-state index contributed by atoms with van der Waals surface area (Å²) in [7, 11) is -4.91. The Morgan fingerprint density at radius 3 is 1.96 bits per heavy atom. The molecule has 8 heteroatoms. The van der Waals surface area contributed by atoms with Crippen LogP contribution in [0, 0.1) is 0 Å². The van der Waals surface area contributed by atoms with E-state index in [0.29, 0.717) is 5.56 Å². The van der Waals surface area contributed by atoms with Crippen LogP contribution in [0.5, 0.6) is 0 Å². The Morgan fingerprint density at radius 1 is 0.769 bits per heavy atom. The lowest BCUT2D eigenvalue weighted by Gasteiger charge is -2.13. The standard InChI is InChI=1S/C18H12O7S/c19-17(20)15-13(7-8-14(26(23,24)25)16(15)18(21)22)12-6-5-10-3-1-2-4-11(10)9-12/h1-9H,(H,19,20)(H,21,22)(H,23,24,25). The molecule has 0 radical (unpaired) electrons. The summed E-state index contributed by atoms with van der Waals surface area (Å²) < 4.78 is 32.2. The molecular weight excluding hydrogens is 360 g/mol. The van der Waals surface area contributed by atoms with E-state index in [0.717, 1.165) is 16.8 Å². The van der Waals surface area contributed by atoms with Crippen molar-refractivity contribution in [2.45, 2.75) is 4.90 Å². The van der Waals surface area contributed by atoms with Gasteiger partial charge in [0.05, 0.1) is 11.1 Å². The zero-order valence-electron chi connectivity index (χ0n) is 13.1. The fourth-order valence-electron chi connectivity index (χ4n) is 2.83. The first-order valence-electron chi connectivity index (χ1n) is 7.30. The summed E-state index contributed by atoms with van der Waals surface area (Å²) in [6, 6.07) is 14.4. The highest BCUT2D eigenvalue weighted by Crippen LogP contribution is 2.32. The third-order valence-corrected chi connectivity index (χ3v) is 4.83. The fourth-order valence-corrected chi connectivity index (χ4v) is 3.52. The molecule has 26 heavy (non-hydrogen) atoms. The van der Waals surface area contributed by atoms with Crippen molar-refractivity contribution >= 4 is 32.8 Å². The van der Waals surface area contributed by atoms with Crippen molar-refractivity contribution in [2.75, 3.05) is 0 Å². The van der Waals surface area contributed by atoms with Gasteiger partial charge in [0.15, 0.2) is 0 Å². The molecule has 0 atom stereocenters.